The van der Waals surface area contributed by atoms with E-state index in [0.29, 0.717) is 32.7 Å². The Morgan fingerprint density at radius 3 is 2.56 bits per heavy atom. The van der Waals surface area contributed by atoms with Gasteiger partial charge in [0.15, 0.2) is 5.43 Å². The Kier molecular flexibility index (Phi) is 3.39. The normalized spacial score (nSPS) is 16.9. The van der Waals surface area contributed by atoms with E-state index in [1.54, 1.807) is 0 Å². The second-order valence-electron chi connectivity index (χ2n) is 4.28. The molecule has 1 aromatic carbocycles. The molecule has 16 heavy (non-hydrogen) atoms. The van der Waals surface area contributed by atoms with E-state index in [4.69, 9.17) is 4.74 Å². The Bertz CT molecular complexity index is 384. The quantitative estimate of drug-likeness (QED) is 0.743. The molecule has 1 aliphatic rings. The molecule has 1 aromatic rings. The summed E-state index contributed by atoms with van der Waals surface area (Å²) in [4.78, 5) is 24.6. The molecule has 0 spiro atoms. The number of ether oxygens (including phenoxy) is 1. The van der Waals surface area contributed by atoms with E-state index >= 15 is 0 Å². The van der Waals surface area contributed by atoms with Crippen molar-refractivity contribution >= 4 is 5.91 Å². The van der Waals surface area contributed by atoms with Crippen molar-refractivity contribution in [3.05, 3.63) is 21.4 Å². The molecule has 0 aromatic heterocycles. The van der Waals surface area contributed by atoms with Crippen molar-refractivity contribution in [3.63, 3.8) is 0 Å². The number of amides is 1. The third kappa shape index (κ3) is 2.50. The average molecular weight is 223 g/mol. The Hall–Kier alpha value is -1.16. The van der Waals surface area contributed by atoms with Gasteiger partial charge in [-0.05, 0) is 19.8 Å². The summed E-state index contributed by atoms with van der Waals surface area (Å²) in [6, 6.07) is 0. The van der Waals surface area contributed by atoms with E-state index in [1.807, 2.05) is 11.8 Å². The van der Waals surface area contributed by atoms with Gasteiger partial charge in [-0.2, -0.15) is 0 Å². The minimum absolute atomic E-state index is 0.189. The summed E-state index contributed by atoms with van der Waals surface area (Å²) in [5, 5.41) is 0. The van der Waals surface area contributed by atoms with Gasteiger partial charge in [-0.15, -0.1) is 0 Å². The third-order valence-corrected chi connectivity index (χ3v) is 3.19. The molecule has 1 saturated heterocycles. The summed E-state index contributed by atoms with van der Waals surface area (Å²) in [7, 11) is 0. The first-order chi connectivity index (χ1) is 7.70. The lowest BCUT2D eigenvalue weighted by Gasteiger charge is -2.26. The Morgan fingerprint density at radius 1 is 1.38 bits per heavy atom. The van der Waals surface area contributed by atoms with Crippen LogP contribution in [-0.4, -0.2) is 37.1 Å². The van der Waals surface area contributed by atoms with Crippen molar-refractivity contribution in [2.75, 3.05) is 26.3 Å². The fourth-order valence-electron chi connectivity index (χ4n) is 2.00. The van der Waals surface area contributed by atoms with E-state index in [-0.39, 0.29) is 11.3 Å². The van der Waals surface area contributed by atoms with Crippen molar-refractivity contribution in [1.29, 1.82) is 0 Å². The summed E-state index contributed by atoms with van der Waals surface area (Å²) >= 11 is 0. The van der Waals surface area contributed by atoms with Crippen LogP contribution in [0.1, 0.15) is 24.0 Å². The zero-order valence-corrected chi connectivity index (χ0v) is 9.62. The predicted molar refractivity (Wildman–Crippen MR) is 60.2 cm³/mol. The van der Waals surface area contributed by atoms with E-state index in [2.05, 4.69) is 0 Å². The van der Waals surface area contributed by atoms with Crippen LogP contribution in [-0.2, 0) is 16.0 Å². The number of nitrogens with zero attached hydrogens (tertiary/aromatic N) is 1. The minimum Gasteiger partial charge on any atom is -0.378 e. The highest BCUT2D eigenvalue weighted by Crippen LogP contribution is 2.11. The maximum atomic E-state index is 11.7. The zero-order valence-electron chi connectivity index (χ0n) is 9.62. The Morgan fingerprint density at radius 2 is 2.00 bits per heavy atom. The largest absolute Gasteiger partial charge is 0.378 e. The van der Waals surface area contributed by atoms with E-state index in [0.717, 1.165) is 24.0 Å². The average Bonchev–Trinajstić information content (AvgIpc) is 2.88. The number of hydrogen-bond donors (Lipinski definition) is 0. The van der Waals surface area contributed by atoms with Crippen molar-refractivity contribution in [3.8, 4) is 0 Å². The molecular formula is C12H17NO3. The molecule has 0 bridgehead atoms. The van der Waals surface area contributed by atoms with E-state index in [9.17, 15) is 9.59 Å². The number of carbonyl (C=O) groups is 1. The van der Waals surface area contributed by atoms with Crippen LogP contribution in [0, 0.1) is 6.92 Å². The molecule has 1 fully saturated rings. The van der Waals surface area contributed by atoms with Gasteiger partial charge in [0.1, 0.15) is 0 Å². The van der Waals surface area contributed by atoms with Crippen LogP contribution in [0.5, 0.6) is 0 Å². The highest BCUT2D eigenvalue weighted by Gasteiger charge is 2.19. The predicted octanol–water partition coefficient (Wildman–Crippen LogP) is 0.412. The van der Waals surface area contributed by atoms with E-state index < -0.39 is 0 Å². The summed E-state index contributed by atoms with van der Waals surface area (Å²) in [5.41, 5.74) is 2.05. The van der Waals surface area contributed by atoms with Crippen LogP contribution in [0.3, 0.4) is 0 Å². The van der Waals surface area contributed by atoms with Crippen LogP contribution in [0.2, 0.25) is 0 Å². The van der Waals surface area contributed by atoms with Crippen LogP contribution in [0.15, 0.2) is 4.79 Å². The highest BCUT2D eigenvalue weighted by molar-refractivity contribution is 5.76. The molecule has 2 rings (SSSR count). The topological polar surface area (TPSA) is 46.6 Å². The van der Waals surface area contributed by atoms with Gasteiger partial charge in [-0.1, -0.05) is 0 Å². The van der Waals surface area contributed by atoms with Gasteiger partial charge in [-0.25, -0.2) is 0 Å². The van der Waals surface area contributed by atoms with E-state index in [1.165, 1.54) is 0 Å². The second kappa shape index (κ2) is 4.78. The number of morpholine rings is 1. The molecule has 0 radical (unpaired) electrons. The summed E-state index contributed by atoms with van der Waals surface area (Å²) < 4.78 is 5.18. The van der Waals surface area contributed by atoms with Crippen molar-refractivity contribution in [1.82, 2.24) is 4.90 Å². The molecule has 0 unspecified atom stereocenters. The highest BCUT2D eigenvalue weighted by atomic mass is 16.5. The first-order valence-electron chi connectivity index (χ1n) is 5.80. The summed E-state index contributed by atoms with van der Waals surface area (Å²) in [5.74, 6) is 0.189. The number of rotatable bonds is 4. The monoisotopic (exact) mass is 223 g/mol. The van der Waals surface area contributed by atoms with Gasteiger partial charge in [-0.3, -0.25) is 9.59 Å². The van der Waals surface area contributed by atoms with Crippen LogP contribution in [0.4, 0.5) is 0 Å². The van der Waals surface area contributed by atoms with Gasteiger partial charge in [0.05, 0.1) is 13.2 Å². The second-order valence-corrected chi connectivity index (χ2v) is 4.28. The van der Waals surface area contributed by atoms with Crippen molar-refractivity contribution in [2.45, 2.75) is 26.2 Å². The van der Waals surface area contributed by atoms with Crippen molar-refractivity contribution < 1.29 is 9.53 Å². The Labute approximate surface area is 94.9 Å². The zero-order chi connectivity index (χ0) is 11.5. The van der Waals surface area contributed by atoms with Crippen LogP contribution < -0.4 is 5.43 Å². The molecule has 0 atom stereocenters. The SMILES string of the molecule is Cc1c(CCCC(=O)N2CCOCC2)c1=O. The molecule has 0 N–H and O–H groups in total. The molecular weight excluding hydrogens is 206 g/mol. The first-order valence-corrected chi connectivity index (χ1v) is 5.80. The molecule has 1 heterocycles. The first kappa shape index (κ1) is 11.3. The van der Waals surface area contributed by atoms with Gasteiger partial charge < -0.3 is 9.64 Å². The fourth-order valence-corrected chi connectivity index (χ4v) is 2.00. The lowest BCUT2D eigenvalue weighted by Crippen LogP contribution is -2.40. The fraction of sp³-hybridized carbons (Fsp3) is 0.667. The van der Waals surface area contributed by atoms with Crippen molar-refractivity contribution in [2.24, 2.45) is 0 Å². The minimum atomic E-state index is 0.189. The smallest absolute Gasteiger partial charge is 0.222 e. The maximum absolute atomic E-state index is 11.7. The molecule has 0 saturated carbocycles. The van der Waals surface area contributed by atoms with Gasteiger partial charge in [0.2, 0.25) is 5.91 Å². The van der Waals surface area contributed by atoms with Gasteiger partial charge in [0, 0.05) is 30.6 Å². The molecule has 4 heteroatoms. The Balaban J connectivity index is 1.67. The lowest BCUT2D eigenvalue weighted by atomic mass is 10.2. The van der Waals surface area contributed by atoms with Gasteiger partial charge >= 0.3 is 0 Å². The molecule has 1 amide bonds. The van der Waals surface area contributed by atoms with Gasteiger partial charge in [0.25, 0.3) is 0 Å². The maximum Gasteiger partial charge on any atom is 0.222 e. The third-order valence-electron chi connectivity index (χ3n) is 3.19. The van der Waals surface area contributed by atoms with Crippen LogP contribution in [0.25, 0.3) is 0 Å². The standard InChI is InChI=1S/C12H17NO3/c1-9-10(12(9)15)3-2-4-11(14)13-5-7-16-8-6-13/h2-8H2,1H3. The molecule has 4 nitrogen and oxygen atoms in total. The molecule has 88 valence electrons. The van der Waals surface area contributed by atoms with Crippen LogP contribution >= 0.6 is 0 Å². The summed E-state index contributed by atoms with van der Waals surface area (Å²) in [6.07, 6.45) is 2.10. The lowest BCUT2D eigenvalue weighted by molar-refractivity contribution is -0.135. The molecule has 0 aliphatic carbocycles. The summed E-state index contributed by atoms with van der Waals surface area (Å²) in [6.45, 7) is 4.56. The number of carbonyl (C=O) groups excluding carboxylic acids is 1. The number of hydrogen-bond acceptors (Lipinski definition) is 3. The molecule has 1 aliphatic heterocycles.